The fourth-order valence-corrected chi connectivity index (χ4v) is 1.68. The highest BCUT2D eigenvalue weighted by atomic mass is 35.5. The molecule has 0 heterocycles. The third-order valence-corrected chi connectivity index (χ3v) is 2.60. The Morgan fingerprint density at radius 3 is 2.22 bits per heavy atom. The second-order valence-electron chi connectivity index (χ2n) is 4.01. The predicted molar refractivity (Wildman–Crippen MR) is 78.4 cm³/mol. The van der Waals surface area contributed by atoms with E-state index in [1.54, 1.807) is 0 Å². The third kappa shape index (κ3) is 4.68. The fraction of sp³-hybridized carbons (Fsp3) is 0.200. The van der Waals surface area contributed by atoms with Crippen molar-refractivity contribution in [2.45, 2.75) is 12.8 Å². The molecule has 2 rings (SSSR count). The summed E-state index contributed by atoms with van der Waals surface area (Å²) in [6, 6.07) is 18.0. The molecule has 18 heavy (non-hydrogen) atoms. The third-order valence-electron chi connectivity index (χ3n) is 2.60. The van der Waals surface area contributed by atoms with E-state index < -0.39 is 0 Å². The molecule has 0 aliphatic carbocycles. The Hall–Kier alpha value is -1.67. The lowest BCUT2D eigenvalue weighted by atomic mass is 10.1. The number of ether oxygens (including phenoxy) is 1. The molecule has 0 aromatic heterocycles. The molecule has 2 aromatic carbocycles. The zero-order valence-corrected chi connectivity index (χ0v) is 11.0. The van der Waals surface area contributed by atoms with Crippen LogP contribution in [0.25, 0.3) is 0 Å². The lowest BCUT2D eigenvalue weighted by molar-refractivity contribution is 0.311. The quantitative estimate of drug-likeness (QED) is 0.659. The molecule has 2 aromatic rings. The number of halogens is 1. The summed E-state index contributed by atoms with van der Waals surface area (Å²) in [5, 5.41) is 0. The van der Waals surface area contributed by atoms with E-state index in [9.17, 15) is 0 Å². The van der Waals surface area contributed by atoms with Crippen LogP contribution in [-0.2, 0) is 6.42 Å². The normalized spacial score (nSPS) is 9.56. The number of anilines is 1. The fourth-order valence-electron chi connectivity index (χ4n) is 1.68. The van der Waals surface area contributed by atoms with Crippen LogP contribution in [0.5, 0.6) is 5.75 Å². The van der Waals surface area contributed by atoms with E-state index in [1.165, 1.54) is 5.56 Å². The molecule has 0 unspecified atom stereocenters. The van der Waals surface area contributed by atoms with Gasteiger partial charge in [0.15, 0.2) is 0 Å². The Morgan fingerprint density at radius 1 is 0.889 bits per heavy atom. The molecule has 0 aliphatic heterocycles. The first-order chi connectivity index (χ1) is 8.34. The molecule has 2 nitrogen and oxygen atoms in total. The molecule has 0 atom stereocenters. The van der Waals surface area contributed by atoms with Gasteiger partial charge < -0.3 is 10.5 Å². The topological polar surface area (TPSA) is 35.2 Å². The molecule has 0 aliphatic rings. The molecule has 96 valence electrons. The van der Waals surface area contributed by atoms with Gasteiger partial charge in [0.25, 0.3) is 0 Å². The molecule has 0 fully saturated rings. The molecule has 0 saturated heterocycles. The average molecular weight is 264 g/mol. The largest absolute Gasteiger partial charge is 0.494 e. The Balaban J connectivity index is 0.00000162. The minimum absolute atomic E-state index is 0. The summed E-state index contributed by atoms with van der Waals surface area (Å²) >= 11 is 0. The zero-order valence-electron chi connectivity index (χ0n) is 10.2. The standard InChI is InChI=1S/C15H17NO.ClH/c16-14-8-10-15(11-9-14)17-12-4-7-13-5-2-1-3-6-13;/h1-3,5-6,8-11H,4,7,12,16H2;1H. The first kappa shape index (κ1) is 14.4. The van der Waals surface area contributed by atoms with Gasteiger partial charge in [0.05, 0.1) is 6.61 Å². The lowest BCUT2D eigenvalue weighted by Gasteiger charge is -2.06. The highest BCUT2D eigenvalue weighted by molar-refractivity contribution is 5.85. The second-order valence-corrected chi connectivity index (χ2v) is 4.01. The van der Waals surface area contributed by atoms with Gasteiger partial charge in [-0.15, -0.1) is 12.4 Å². The van der Waals surface area contributed by atoms with Gasteiger partial charge in [0.2, 0.25) is 0 Å². The summed E-state index contributed by atoms with van der Waals surface area (Å²) in [4.78, 5) is 0. The smallest absolute Gasteiger partial charge is 0.119 e. The second kappa shape index (κ2) is 7.62. The molecule has 0 saturated carbocycles. The van der Waals surface area contributed by atoms with E-state index in [0.29, 0.717) is 0 Å². The minimum atomic E-state index is 0. The summed E-state index contributed by atoms with van der Waals surface area (Å²) in [5.74, 6) is 0.882. The van der Waals surface area contributed by atoms with E-state index in [-0.39, 0.29) is 12.4 Å². The van der Waals surface area contributed by atoms with Crippen molar-refractivity contribution in [1.82, 2.24) is 0 Å². The first-order valence-corrected chi connectivity index (χ1v) is 5.87. The first-order valence-electron chi connectivity index (χ1n) is 5.87. The van der Waals surface area contributed by atoms with Crippen LogP contribution >= 0.6 is 12.4 Å². The summed E-state index contributed by atoms with van der Waals surface area (Å²) in [5.41, 5.74) is 7.72. The maximum Gasteiger partial charge on any atom is 0.119 e. The summed E-state index contributed by atoms with van der Waals surface area (Å²) in [7, 11) is 0. The SMILES string of the molecule is Cl.Nc1ccc(OCCCc2ccccc2)cc1. The number of benzene rings is 2. The van der Waals surface area contributed by atoms with Gasteiger partial charge in [-0.25, -0.2) is 0 Å². The maximum atomic E-state index is 5.63. The van der Waals surface area contributed by atoms with Gasteiger partial charge in [0.1, 0.15) is 5.75 Å². The van der Waals surface area contributed by atoms with E-state index in [1.807, 2.05) is 30.3 Å². The summed E-state index contributed by atoms with van der Waals surface area (Å²) in [6.07, 6.45) is 2.07. The van der Waals surface area contributed by atoms with Crippen LogP contribution in [0.2, 0.25) is 0 Å². The van der Waals surface area contributed by atoms with Crippen LogP contribution in [0.4, 0.5) is 5.69 Å². The predicted octanol–water partition coefficient (Wildman–Crippen LogP) is 3.70. The summed E-state index contributed by atoms with van der Waals surface area (Å²) < 4.78 is 5.63. The van der Waals surface area contributed by atoms with Gasteiger partial charge in [-0.2, -0.15) is 0 Å². The molecular weight excluding hydrogens is 246 g/mol. The molecule has 2 N–H and O–H groups in total. The van der Waals surface area contributed by atoms with Crippen molar-refractivity contribution in [2.75, 3.05) is 12.3 Å². The van der Waals surface area contributed by atoms with Gasteiger partial charge in [-0.05, 0) is 42.7 Å². The number of nitrogens with two attached hydrogens (primary N) is 1. The highest BCUT2D eigenvalue weighted by Crippen LogP contribution is 2.13. The van der Waals surface area contributed by atoms with Crippen LogP contribution in [0, 0.1) is 0 Å². The van der Waals surface area contributed by atoms with Crippen molar-refractivity contribution in [2.24, 2.45) is 0 Å². The number of hydrogen-bond acceptors (Lipinski definition) is 2. The van der Waals surface area contributed by atoms with Crippen molar-refractivity contribution in [1.29, 1.82) is 0 Å². The molecule has 0 bridgehead atoms. The van der Waals surface area contributed by atoms with E-state index in [2.05, 4.69) is 24.3 Å². The van der Waals surface area contributed by atoms with Crippen LogP contribution in [0.15, 0.2) is 54.6 Å². The van der Waals surface area contributed by atoms with Crippen LogP contribution in [0.3, 0.4) is 0 Å². The Morgan fingerprint density at radius 2 is 1.56 bits per heavy atom. The van der Waals surface area contributed by atoms with Crippen molar-refractivity contribution in [3.05, 3.63) is 60.2 Å². The summed E-state index contributed by atoms with van der Waals surface area (Å²) in [6.45, 7) is 0.735. The Labute approximate surface area is 114 Å². The lowest BCUT2D eigenvalue weighted by Crippen LogP contribution is -1.99. The van der Waals surface area contributed by atoms with Crippen molar-refractivity contribution >= 4 is 18.1 Å². The Kier molecular flexibility index (Phi) is 6.09. The number of aryl methyl sites for hydroxylation is 1. The van der Waals surface area contributed by atoms with E-state index >= 15 is 0 Å². The maximum absolute atomic E-state index is 5.63. The zero-order chi connectivity index (χ0) is 11.9. The highest BCUT2D eigenvalue weighted by Gasteiger charge is 1.95. The molecule has 0 radical (unpaired) electrons. The van der Waals surface area contributed by atoms with Gasteiger partial charge in [-0.1, -0.05) is 30.3 Å². The average Bonchev–Trinajstić information content (AvgIpc) is 2.38. The molecular formula is C15H18ClNO. The van der Waals surface area contributed by atoms with Gasteiger partial charge in [0, 0.05) is 5.69 Å². The van der Waals surface area contributed by atoms with Crippen LogP contribution in [-0.4, -0.2) is 6.61 Å². The number of nitrogen functional groups attached to an aromatic ring is 1. The van der Waals surface area contributed by atoms with Gasteiger partial charge >= 0.3 is 0 Å². The van der Waals surface area contributed by atoms with E-state index in [0.717, 1.165) is 30.9 Å². The number of rotatable bonds is 5. The monoisotopic (exact) mass is 263 g/mol. The van der Waals surface area contributed by atoms with Crippen molar-refractivity contribution < 1.29 is 4.74 Å². The molecule has 3 heteroatoms. The minimum Gasteiger partial charge on any atom is -0.494 e. The van der Waals surface area contributed by atoms with Crippen molar-refractivity contribution in [3.63, 3.8) is 0 Å². The Bertz CT molecular complexity index is 442. The van der Waals surface area contributed by atoms with E-state index in [4.69, 9.17) is 10.5 Å². The molecule has 0 amide bonds. The van der Waals surface area contributed by atoms with Gasteiger partial charge in [-0.3, -0.25) is 0 Å². The number of hydrogen-bond donors (Lipinski definition) is 1. The van der Waals surface area contributed by atoms with Crippen LogP contribution in [0.1, 0.15) is 12.0 Å². The van der Waals surface area contributed by atoms with Crippen LogP contribution < -0.4 is 10.5 Å². The van der Waals surface area contributed by atoms with Crippen molar-refractivity contribution in [3.8, 4) is 5.75 Å². The molecule has 0 spiro atoms.